The number of rotatable bonds is 1. The lowest BCUT2D eigenvalue weighted by Crippen LogP contribution is -1.74. The van der Waals surface area contributed by atoms with E-state index in [0.717, 1.165) is 16.7 Å². The summed E-state index contributed by atoms with van der Waals surface area (Å²) in [6.45, 7) is 0. The van der Waals surface area contributed by atoms with Gasteiger partial charge in [-0.1, -0.05) is 0 Å². The van der Waals surface area contributed by atoms with E-state index in [1.807, 2.05) is 18.2 Å². The van der Waals surface area contributed by atoms with Crippen LogP contribution in [-0.2, 0) is 0 Å². The van der Waals surface area contributed by atoms with Crippen molar-refractivity contribution in [1.82, 2.24) is 15.0 Å². The highest BCUT2D eigenvalue weighted by atomic mass is 16.3. The zero-order valence-corrected chi connectivity index (χ0v) is 7.27. The first-order chi connectivity index (χ1) is 6.93. The predicted molar refractivity (Wildman–Crippen MR) is 51.6 cm³/mol. The number of hydrogen-bond donors (Lipinski definition) is 1. The summed E-state index contributed by atoms with van der Waals surface area (Å²) < 4.78 is 5.18. The average molecular weight is 185 g/mol. The van der Waals surface area contributed by atoms with Crippen molar-refractivity contribution in [2.24, 2.45) is 0 Å². The van der Waals surface area contributed by atoms with Crippen molar-refractivity contribution in [3.8, 4) is 11.6 Å². The third-order valence-electron chi connectivity index (χ3n) is 2.05. The highest BCUT2D eigenvalue weighted by Gasteiger charge is 2.06. The topological polar surface area (TPSA) is 54.7 Å². The lowest BCUT2D eigenvalue weighted by molar-refractivity contribution is 0.572. The van der Waals surface area contributed by atoms with Gasteiger partial charge in [-0.15, -0.1) is 0 Å². The van der Waals surface area contributed by atoms with E-state index in [9.17, 15) is 0 Å². The van der Waals surface area contributed by atoms with Gasteiger partial charge in [0.1, 0.15) is 12.0 Å². The summed E-state index contributed by atoms with van der Waals surface area (Å²) in [5.74, 6) is 0.586. The summed E-state index contributed by atoms with van der Waals surface area (Å²) in [5.41, 5.74) is 2.75. The van der Waals surface area contributed by atoms with Crippen LogP contribution < -0.4 is 0 Å². The maximum absolute atomic E-state index is 5.18. The van der Waals surface area contributed by atoms with Crippen molar-refractivity contribution in [2.45, 2.75) is 0 Å². The lowest BCUT2D eigenvalue weighted by atomic mass is 10.4. The van der Waals surface area contributed by atoms with Crippen LogP contribution in [0, 0.1) is 0 Å². The largest absolute Gasteiger partial charge is 0.443 e. The monoisotopic (exact) mass is 185 g/mol. The molecule has 1 N–H and O–H groups in total. The summed E-state index contributed by atoms with van der Waals surface area (Å²) in [6, 6.07) is 5.77. The predicted octanol–water partition coefficient (Wildman–Crippen LogP) is 2.22. The van der Waals surface area contributed by atoms with E-state index >= 15 is 0 Å². The molecule has 0 radical (unpaired) electrons. The van der Waals surface area contributed by atoms with Crippen LogP contribution in [0.1, 0.15) is 0 Å². The van der Waals surface area contributed by atoms with Crippen LogP contribution in [0.3, 0.4) is 0 Å². The SMILES string of the molecule is c1cnc2cc(-c3ncco3)[nH]c2c1. The smallest absolute Gasteiger partial charge is 0.242 e. The molecule has 3 aromatic rings. The molecule has 0 fully saturated rings. The second kappa shape index (κ2) is 2.70. The summed E-state index contributed by atoms with van der Waals surface area (Å²) >= 11 is 0. The number of aromatic nitrogens is 3. The summed E-state index contributed by atoms with van der Waals surface area (Å²) in [7, 11) is 0. The van der Waals surface area contributed by atoms with Crippen LogP contribution in [0.5, 0.6) is 0 Å². The first-order valence-electron chi connectivity index (χ1n) is 4.27. The van der Waals surface area contributed by atoms with Crippen molar-refractivity contribution < 1.29 is 4.42 Å². The van der Waals surface area contributed by atoms with Gasteiger partial charge in [-0.25, -0.2) is 4.98 Å². The Bertz CT molecular complexity index is 521. The highest BCUT2D eigenvalue weighted by Crippen LogP contribution is 2.20. The van der Waals surface area contributed by atoms with Crippen molar-refractivity contribution in [2.75, 3.05) is 0 Å². The summed E-state index contributed by atoms with van der Waals surface area (Å²) in [6.07, 6.45) is 4.93. The molecule has 0 aromatic carbocycles. The molecule has 0 bridgehead atoms. The maximum Gasteiger partial charge on any atom is 0.242 e. The molecule has 68 valence electrons. The molecule has 0 unspecified atom stereocenters. The first kappa shape index (κ1) is 7.32. The summed E-state index contributed by atoms with van der Waals surface area (Å²) in [4.78, 5) is 11.4. The molecule has 4 heteroatoms. The number of fused-ring (bicyclic) bond motifs is 1. The maximum atomic E-state index is 5.18. The minimum Gasteiger partial charge on any atom is -0.443 e. The number of nitrogens with one attached hydrogen (secondary N) is 1. The second-order valence-corrected chi connectivity index (χ2v) is 2.96. The van der Waals surface area contributed by atoms with Crippen molar-refractivity contribution in [3.63, 3.8) is 0 Å². The number of H-pyrrole nitrogens is 1. The Labute approximate surface area is 79.6 Å². The molecule has 4 nitrogen and oxygen atoms in total. The normalized spacial score (nSPS) is 10.9. The van der Waals surface area contributed by atoms with Gasteiger partial charge >= 0.3 is 0 Å². The Morgan fingerprint density at radius 1 is 1.21 bits per heavy atom. The van der Waals surface area contributed by atoms with E-state index < -0.39 is 0 Å². The van der Waals surface area contributed by atoms with Crippen LogP contribution in [0.25, 0.3) is 22.6 Å². The van der Waals surface area contributed by atoms with Gasteiger partial charge in [0.25, 0.3) is 0 Å². The Balaban J connectivity index is 2.24. The Hall–Kier alpha value is -2.10. The van der Waals surface area contributed by atoms with Crippen molar-refractivity contribution in [3.05, 3.63) is 36.9 Å². The van der Waals surface area contributed by atoms with Gasteiger partial charge in [0.2, 0.25) is 5.89 Å². The highest BCUT2D eigenvalue weighted by molar-refractivity contribution is 5.80. The van der Waals surface area contributed by atoms with Crippen LogP contribution in [-0.4, -0.2) is 15.0 Å². The molecule has 0 atom stereocenters. The molecule has 0 spiro atoms. The third-order valence-corrected chi connectivity index (χ3v) is 2.05. The van der Waals surface area contributed by atoms with Gasteiger partial charge in [0.05, 0.1) is 17.2 Å². The molecule has 0 saturated carbocycles. The van der Waals surface area contributed by atoms with Crippen LogP contribution in [0.2, 0.25) is 0 Å². The fraction of sp³-hybridized carbons (Fsp3) is 0. The minimum absolute atomic E-state index is 0.586. The standard InChI is InChI=1S/C10H7N3O/c1-2-7-8(11-3-1)6-9(13-7)10-12-4-5-14-10/h1-6,13H. The molecule has 0 aliphatic rings. The first-order valence-corrected chi connectivity index (χ1v) is 4.27. The van der Waals surface area contributed by atoms with E-state index in [0.29, 0.717) is 5.89 Å². The van der Waals surface area contributed by atoms with E-state index in [2.05, 4.69) is 15.0 Å². The van der Waals surface area contributed by atoms with Crippen molar-refractivity contribution in [1.29, 1.82) is 0 Å². The van der Waals surface area contributed by atoms with Gasteiger partial charge < -0.3 is 9.40 Å². The number of aromatic amines is 1. The Morgan fingerprint density at radius 3 is 3.00 bits per heavy atom. The van der Waals surface area contributed by atoms with Crippen molar-refractivity contribution >= 4 is 11.0 Å². The van der Waals surface area contributed by atoms with E-state index in [4.69, 9.17) is 4.42 Å². The fourth-order valence-electron chi connectivity index (χ4n) is 1.43. The molecular formula is C10H7N3O. The minimum atomic E-state index is 0.586. The molecule has 0 aliphatic heterocycles. The third kappa shape index (κ3) is 1.01. The molecule has 0 aliphatic carbocycles. The average Bonchev–Trinajstić information content (AvgIpc) is 2.86. The molecule has 3 rings (SSSR count). The number of hydrogen-bond acceptors (Lipinski definition) is 3. The molecule has 14 heavy (non-hydrogen) atoms. The van der Waals surface area contributed by atoms with Crippen LogP contribution >= 0.6 is 0 Å². The molecule has 3 heterocycles. The fourth-order valence-corrected chi connectivity index (χ4v) is 1.43. The summed E-state index contributed by atoms with van der Waals surface area (Å²) in [5, 5.41) is 0. The van der Waals surface area contributed by atoms with E-state index in [1.54, 1.807) is 18.7 Å². The van der Waals surface area contributed by atoms with Gasteiger partial charge in [0, 0.05) is 6.20 Å². The zero-order chi connectivity index (χ0) is 9.38. The second-order valence-electron chi connectivity index (χ2n) is 2.96. The quantitative estimate of drug-likeness (QED) is 0.632. The molecule has 0 saturated heterocycles. The molecule has 0 amide bonds. The van der Waals surface area contributed by atoms with Crippen LogP contribution in [0.15, 0.2) is 41.3 Å². The Morgan fingerprint density at radius 2 is 2.21 bits per heavy atom. The Kier molecular flexibility index (Phi) is 1.41. The zero-order valence-electron chi connectivity index (χ0n) is 7.27. The van der Waals surface area contributed by atoms with E-state index in [1.165, 1.54) is 0 Å². The number of oxazole rings is 1. The number of pyridine rings is 1. The van der Waals surface area contributed by atoms with Crippen LogP contribution in [0.4, 0.5) is 0 Å². The van der Waals surface area contributed by atoms with Gasteiger partial charge in [-0.05, 0) is 18.2 Å². The number of nitrogens with zero attached hydrogens (tertiary/aromatic N) is 2. The van der Waals surface area contributed by atoms with Gasteiger partial charge in [-0.3, -0.25) is 4.98 Å². The van der Waals surface area contributed by atoms with Gasteiger partial charge in [-0.2, -0.15) is 0 Å². The van der Waals surface area contributed by atoms with Gasteiger partial charge in [0.15, 0.2) is 0 Å². The van der Waals surface area contributed by atoms with E-state index in [-0.39, 0.29) is 0 Å². The molecular weight excluding hydrogens is 178 g/mol. The lowest BCUT2D eigenvalue weighted by Gasteiger charge is -1.86. The molecule has 3 aromatic heterocycles.